The first-order chi connectivity index (χ1) is 14.7. The Hall–Kier alpha value is -2.51. The summed E-state index contributed by atoms with van der Waals surface area (Å²) in [5.41, 5.74) is 1.06. The third kappa shape index (κ3) is 4.63. The van der Waals surface area contributed by atoms with Gasteiger partial charge in [0, 0.05) is 44.4 Å². The van der Waals surface area contributed by atoms with Gasteiger partial charge in [0.15, 0.2) is 0 Å². The van der Waals surface area contributed by atoms with Crippen LogP contribution < -0.4 is 9.47 Å². The van der Waals surface area contributed by atoms with Crippen LogP contribution in [0, 0.1) is 0 Å². The average Bonchev–Trinajstić information content (AvgIpc) is 3.46. The molecule has 0 aliphatic carbocycles. The van der Waals surface area contributed by atoms with Crippen molar-refractivity contribution in [1.29, 1.82) is 0 Å². The van der Waals surface area contributed by atoms with E-state index in [1.165, 1.54) is 0 Å². The number of likely N-dealkylation sites (tertiary alicyclic amines) is 1. The first-order valence-corrected chi connectivity index (χ1v) is 10.7. The summed E-state index contributed by atoms with van der Waals surface area (Å²) in [5, 5.41) is 0. The molecule has 1 unspecified atom stereocenters. The summed E-state index contributed by atoms with van der Waals surface area (Å²) in [6, 6.07) is 9.87. The molecule has 0 N–H and O–H groups in total. The summed E-state index contributed by atoms with van der Waals surface area (Å²) >= 11 is 0. The Bertz CT molecular complexity index is 831. The molecule has 2 aliphatic heterocycles. The molecule has 2 aromatic rings. The van der Waals surface area contributed by atoms with E-state index in [0.717, 1.165) is 74.9 Å². The Labute approximate surface area is 178 Å². The monoisotopic (exact) mass is 413 g/mol. The van der Waals surface area contributed by atoms with Crippen molar-refractivity contribution in [1.82, 2.24) is 14.7 Å². The second-order valence-electron chi connectivity index (χ2n) is 7.98. The van der Waals surface area contributed by atoms with E-state index in [4.69, 9.17) is 13.9 Å². The van der Waals surface area contributed by atoms with Crippen LogP contribution in [0.3, 0.4) is 0 Å². The maximum absolute atomic E-state index is 13.1. The van der Waals surface area contributed by atoms with E-state index in [1.807, 2.05) is 35.2 Å². The van der Waals surface area contributed by atoms with Crippen molar-refractivity contribution in [3.63, 3.8) is 0 Å². The predicted octanol–water partition coefficient (Wildman–Crippen LogP) is 2.78. The van der Waals surface area contributed by atoms with Crippen LogP contribution in [-0.2, 0) is 11.3 Å². The zero-order valence-electron chi connectivity index (χ0n) is 17.9. The largest absolute Gasteiger partial charge is 0.497 e. The molecule has 0 saturated carbocycles. The van der Waals surface area contributed by atoms with Crippen molar-refractivity contribution in [2.45, 2.75) is 25.4 Å². The fraction of sp³-hybridized carbons (Fsp3) is 0.522. The van der Waals surface area contributed by atoms with Gasteiger partial charge in [-0.1, -0.05) is 0 Å². The lowest BCUT2D eigenvalue weighted by Gasteiger charge is -2.35. The van der Waals surface area contributed by atoms with Gasteiger partial charge in [-0.2, -0.15) is 0 Å². The van der Waals surface area contributed by atoms with Gasteiger partial charge < -0.3 is 18.8 Å². The van der Waals surface area contributed by atoms with Gasteiger partial charge in [-0.25, -0.2) is 0 Å². The summed E-state index contributed by atoms with van der Waals surface area (Å²) < 4.78 is 16.4. The highest BCUT2D eigenvalue weighted by Crippen LogP contribution is 2.38. The molecule has 2 aliphatic rings. The quantitative estimate of drug-likeness (QED) is 0.696. The number of benzene rings is 1. The standard InChI is InChI=1S/C23H31N3O4/c1-28-18-7-8-20(22(15-18)29-2)21-6-3-9-26(21)23(27)17-25-12-10-24(11-13-25)16-19-5-4-14-30-19/h4-5,7-8,14-15,21H,3,6,9-13,16-17H2,1-2H3. The highest BCUT2D eigenvalue weighted by Gasteiger charge is 2.33. The van der Waals surface area contributed by atoms with Gasteiger partial charge in [0.2, 0.25) is 5.91 Å². The molecule has 3 heterocycles. The highest BCUT2D eigenvalue weighted by molar-refractivity contribution is 5.79. The Kier molecular flexibility index (Phi) is 6.59. The summed E-state index contributed by atoms with van der Waals surface area (Å²) in [6.45, 7) is 5.81. The number of furan rings is 1. The molecule has 0 radical (unpaired) electrons. The molecule has 30 heavy (non-hydrogen) atoms. The van der Waals surface area contributed by atoms with Crippen LogP contribution in [0.5, 0.6) is 11.5 Å². The second-order valence-corrected chi connectivity index (χ2v) is 7.98. The number of carbonyl (C=O) groups excluding carboxylic acids is 1. The van der Waals surface area contributed by atoms with Gasteiger partial charge in [-0.05, 0) is 37.1 Å². The normalized spacial score (nSPS) is 20.5. The van der Waals surface area contributed by atoms with Gasteiger partial charge in [-0.15, -0.1) is 0 Å². The van der Waals surface area contributed by atoms with Gasteiger partial charge in [0.1, 0.15) is 17.3 Å². The first kappa shape index (κ1) is 20.8. The van der Waals surface area contributed by atoms with Gasteiger partial charge in [-0.3, -0.25) is 14.6 Å². The van der Waals surface area contributed by atoms with Crippen LogP contribution >= 0.6 is 0 Å². The van der Waals surface area contributed by atoms with E-state index < -0.39 is 0 Å². The molecule has 2 saturated heterocycles. The van der Waals surface area contributed by atoms with Crippen molar-refractivity contribution in [2.75, 3.05) is 53.5 Å². The van der Waals surface area contributed by atoms with E-state index in [0.29, 0.717) is 6.54 Å². The molecule has 1 amide bonds. The van der Waals surface area contributed by atoms with Crippen LogP contribution in [0.25, 0.3) is 0 Å². The molecule has 1 aromatic heterocycles. The maximum atomic E-state index is 13.1. The number of carbonyl (C=O) groups is 1. The topological polar surface area (TPSA) is 58.4 Å². The minimum atomic E-state index is 0.0681. The summed E-state index contributed by atoms with van der Waals surface area (Å²) in [6.07, 6.45) is 3.70. The number of ether oxygens (including phenoxy) is 2. The van der Waals surface area contributed by atoms with E-state index >= 15 is 0 Å². The third-order valence-corrected chi connectivity index (χ3v) is 6.16. The molecular formula is C23H31N3O4. The van der Waals surface area contributed by atoms with Gasteiger partial charge in [0.05, 0.1) is 39.6 Å². The predicted molar refractivity (Wildman–Crippen MR) is 114 cm³/mol. The van der Waals surface area contributed by atoms with Crippen molar-refractivity contribution in [3.05, 3.63) is 47.9 Å². The average molecular weight is 414 g/mol. The van der Waals surface area contributed by atoms with Crippen molar-refractivity contribution in [2.24, 2.45) is 0 Å². The number of rotatable bonds is 7. The Morgan fingerprint density at radius 2 is 1.87 bits per heavy atom. The molecule has 0 spiro atoms. The van der Waals surface area contributed by atoms with Crippen LogP contribution in [-0.4, -0.2) is 74.1 Å². The van der Waals surface area contributed by atoms with Gasteiger partial charge in [0.25, 0.3) is 0 Å². The first-order valence-electron chi connectivity index (χ1n) is 10.7. The lowest BCUT2D eigenvalue weighted by molar-refractivity contribution is -0.133. The lowest BCUT2D eigenvalue weighted by atomic mass is 10.0. The van der Waals surface area contributed by atoms with E-state index in [9.17, 15) is 4.79 Å². The smallest absolute Gasteiger partial charge is 0.237 e. The molecule has 7 nitrogen and oxygen atoms in total. The summed E-state index contributed by atoms with van der Waals surface area (Å²) in [7, 11) is 3.32. The molecule has 2 fully saturated rings. The van der Waals surface area contributed by atoms with Crippen LogP contribution in [0.2, 0.25) is 0 Å². The third-order valence-electron chi connectivity index (χ3n) is 6.16. The summed E-state index contributed by atoms with van der Waals surface area (Å²) in [4.78, 5) is 19.8. The minimum Gasteiger partial charge on any atom is -0.497 e. The fourth-order valence-electron chi connectivity index (χ4n) is 4.49. The van der Waals surface area contributed by atoms with Crippen molar-refractivity contribution in [3.8, 4) is 11.5 Å². The zero-order valence-corrected chi connectivity index (χ0v) is 17.9. The lowest BCUT2D eigenvalue weighted by Crippen LogP contribution is -2.49. The highest BCUT2D eigenvalue weighted by atomic mass is 16.5. The number of hydrogen-bond donors (Lipinski definition) is 0. The molecule has 1 atom stereocenters. The van der Waals surface area contributed by atoms with Crippen molar-refractivity contribution >= 4 is 5.91 Å². The van der Waals surface area contributed by atoms with Crippen LogP contribution in [0.15, 0.2) is 41.0 Å². The molecule has 0 bridgehead atoms. The molecular weight excluding hydrogens is 382 g/mol. The zero-order chi connectivity index (χ0) is 20.9. The second kappa shape index (κ2) is 9.53. The Morgan fingerprint density at radius 1 is 1.07 bits per heavy atom. The Morgan fingerprint density at radius 3 is 2.57 bits per heavy atom. The van der Waals surface area contributed by atoms with E-state index in [2.05, 4.69) is 9.80 Å². The minimum absolute atomic E-state index is 0.0681. The molecule has 162 valence electrons. The van der Waals surface area contributed by atoms with Crippen LogP contribution in [0.4, 0.5) is 0 Å². The van der Waals surface area contributed by atoms with Crippen molar-refractivity contribution < 1.29 is 18.7 Å². The van der Waals surface area contributed by atoms with Crippen LogP contribution in [0.1, 0.15) is 30.2 Å². The molecule has 4 rings (SSSR count). The number of piperazine rings is 1. The number of hydrogen-bond acceptors (Lipinski definition) is 6. The summed E-state index contributed by atoms with van der Waals surface area (Å²) in [5.74, 6) is 2.74. The van der Waals surface area contributed by atoms with Gasteiger partial charge >= 0.3 is 0 Å². The van der Waals surface area contributed by atoms with E-state index in [1.54, 1.807) is 20.5 Å². The SMILES string of the molecule is COc1ccc(C2CCCN2C(=O)CN2CCN(Cc3ccco3)CC2)c(OC)c1. The maximum Gasteiger partial charge on any atom is 0.237 e. The Balaban J connectivity index is 1.34. The number of methoxy groups -OCH3 is 2. The molecule has 1 aromatic carbocycles. The number of amides is 1. The van der Waals surface area contributed by atoms with E-state index in [-0.39, 0.29) is 11.9 Å². The number of nitrogens with zero attached hydrogens (tertiary/aromatic N) is 3. The fourth-order valence-corrected chi connectivity index (χ4v) is 4.49. The molecule has 7 heteroatoms.